The highest BCUT2D eigenvalue weighted by atomic mass is 19.1. The van der Waals surface area contributed by atoms with Crippen LogP contribution in [-0.4, -0.2) is 11.0 Å². The molecule has 1 N–H and O–H groups in total. The fraction of sp³-hybridized carbons (Fsp3) is 0.214. The van der Waals surface area contributed by atoms with Crippen LogP contribution in [0.4, 0.5) is 10.1 Å². The zero-order valence-electron chi connectivity index (χ0n) is 10.00. The minimum Gasteiger partial charge on any atom is -0.379 e. The van der Waals surface area contributed by atoms with E-state index in [4.69, 9.17) is 0 Å². The molecule has 1 atom stereocenters. The van der Waals surface area contributed by atoms with E-state index in [-0.39, 0.29) is 11.9 Å². The van der Waals surface area contributed by atoms with Crippen LogP contribution in [-0.2, 0) is 0 Å². The number of nitrogens with one attached hydrogen (secondary N) is 1. The molecule has 0 radical (unpaired) electrons. The SMILES string of the molecule is C=CC(C)Nc1cc(C)nc2ccc(F)cc12. The maximum Gasteiger partial charge on any atom is 0.124 e. The molecule has 0 amide bonds. The number of halogens is 1. The van der Waals surface area contributed by atoms with Crippen molar-refractivity contribution in [1.82, 2.24) is 4.98 Å². The quantitative estimate of drug-likeness (QED) is 0.814. The molecule has 0 fully saturated rings. The van der Waals surface area contributed by atoms with Gasteiger partial charge < -0.3 is 5.32 Å². The lowest BCUT2D eigenvalue weighted by molar-refractivity contribution is 0.629. The second-order valence-corrected chi connectivity index (χ2v) is 4.14. The molecule has 0 spiro atoms. The largest absolute Gasteiger partial charge is 0.379 e. The summed E-state index contributed by atoms with van der Waals surface area (Å²) in [6.45, 7) is 7.64. The van der Waals surface area contributed by atoms with Crippen LogP contribution in [0.5, 0.6) is 0 Å². The average molecular weight is 230 g/mol. The summed E-state index contributed by atoms with van der Waals surface area (Å²) < 4.78 is 13.3. The molecule has 17 heavy (non-hydrogen) atoms. The third-order valence-electron chi connectivity index (χ3n) is 2.64. The Labute approximate surface area is 100 Å². The highest BCUT2D eigenvalue weighted by Crippen LogP contribution is 2.24. The molecule has 0 saturated heterocycles. The minimum atomic E-state index is -0.252. The van der Waals surface area contributed by atoms with E-state index in [9.17, 15) is 4.39 Å². The Balaban J connectivity index is 2.59. The predicted octanol–water partition coefficient (Wildman–Crippen LogP) is 3.67. The summed E-state index contributed by atoms with van der Waals surface area (Å²) in [6, 6.07) is 6.67. The van der Waals surface area contributed by atoms with Gasteiger partial charge >= 0.3 is 0 Å². The topological polar surface area (TPSA) is 24.9 Å². The van der Waals surface area contributed by atoms with E-state index in [1.54, 1.807) is 12.1 Å². The van der Waals surface area contributed by atoms with Crippen LogP contribution in [0.25, 0.3) is 10.9 Å². The smallest absolute Gasteiger partial charge is 0.124 e. The summed E-state index contributed by atoms with van der Waals surface area (Å²) >= 11 is 0. The van der Waals surface area contributed by atoms with Gasteiger partial charge in [0.1, 0.15) is 5.82 Å². The average Bonchev–Trinajstić information content (AvgIpc) is 2.29. The minimum absolute atomic E-state index is 0.128. The maximum atomic E-state index is 13.3. The first-order chi connectivity index (χ1) is 8.10. The van der Waals surface area contributed by atoms with Gasteiger partial charge in [0.05, 0.1) is 5.52 Å². The zero-order chi connectivity index (χ0) is 12.4. The number of pyridine rings is 1. The van der Waals surface area contributed by atoms with Gasteiger partial charge in [-0.3, -0.25) is 4.98 Å². The lowest BCUT2D eigenvalue weighted by Crippen LogP contribution is -2.12. The molecule has 1 unspecified atom stereocenters. The van der Waals surface area contributed by atoms with Crippen LogP contribution in [0, 0.1) is 12.7 Å². The van der Waals surface area contributed by atoms with Crippen LogP contribution >= 0.6 is 0 Å². The second kappa shape index (κ2) is 4.53. The van der Waals surface area contributed by atoms with Crippen molar-refractivity contribution >= 4 is 16.6 Å². The molecule has 2 rings (SSSR count). The molecule has 0 aliphatic heterocycles. The van der Waals surface area contributed by atoms with E-state index >= 15 is 0 Å². The van der Waals surface area contributed by atoms with Crippen molar-refractivity contribution in [3.63, 3.8) is 0 Å². The van der Waals surface area contributed by atoms with Crippen LogP contribution < -0.4 is 5.32 Å². The van der Waals surface area contributed by atoms with E-state index in [0.29, 0.717) is 0 Å². The predicted molar refractivity (Wildman–Crippen MR) is 69.7 cm³/mol. The number of rotatable bonds is 3. The Morgan fingerprint density at radius 1 is 1.41 bits per heavy atom. The fourth-order valence-electron chi connectivity index (χ4n) is 1.75. The number of fused-ring (bicyclic) bond motifs is 1. The third-order valence-corrected chi connectivity index (χ3v) is 2.64. The number of aromatic nitrogens is 1. The molecule has 0 bridgehead atoms. The monoisotopic (exact) mass is 230 g/mol. The van der Waals surface area contributed by atoms with Gasteiger partial charge in [0.15, 0.2) is 0 Å². The summed E-state index contributed by atoms with van der Waals surface area (Å²) in [6.07, 6.45) is 1.81. The lowest BCUT2D eigenvalue weighted by Gasteiger charge is -2.14. The van der Waals surface area contributed by atoms with Gasteiger partial charge in [-0.05, 0) is 38.1 Å². The molecule has 2 nitrogen and oxygen atoms in total. The number of anilines is 1. The molecule has 1 heterocycles. The lowest BCUT2D eigenvalue weighted by atomic mass is 10.1. The van der Waals surface area contributed by atoms with E-state index in [1.165, 1.54) is 12.1 Å². The van der Waals surface area contributed by atoms with Gasteiger partial charge in [0, 0.05) is 22.8 Å². The Morgan fingerprint density at radius 2 is 2.18 bits per heavy atom. The molecular weight excluding hydrogens is 215 g/mol. The van der Waals surface area contributed by atoms with E-state index in [0.717, 1.165) is 22.3 Å². The molecule has 2 aromatic rings. The molecule has 1 aromatic heterocycles. The maximum absolute atomic E-state index is 13.3. The first kappa shape index (κ1) is 11.6. The van der Waals surface area contributed by atoms with Crippen molar-refractivity contribution in [1.29, 1.82) is 0 Å². The van der Waals surface area contributed by atoms with Crippen LogP contribution in [0.1, 0.15) is 12.6 Å². The van der Waals surface area contributed by atoms with Gasteiger partial charge in [0.2, 0.25) is 0 Å². The molecule has 0 aliphatic carbocycles. The van der Waals surface area contributed by atoms with Gasteiger partial charge in [-0.2, -0.15) is 0 Å². The number of nitrogens with zero attached hydrogens (tertiary/aromatic N) is 1. The Bertz CT molecular complexity index is 563. The number of aryl methyl sites for hydroxylation is 1. The number of benzene rings is 1. The second-order valence-electron chi connectivity index (χ2n) is 4.14. The van der Waals surface area contributed by atoms with Crippen molar-refractivity contribution in [2.75, 3.05) is 5.32 Å². The standard InChI is InChI=1S/C14H15FN2/c1-4-9(2)16-14-7-10(3)17-13-6-5-11(15)8-12(13)14/h4-9H,1H2,2-3H3,(H,16,17). The highest BCUT2D eigenvalue weighted by Gasteiger charge is 2.06. The molecule has 3 heteroatoms. The molecule has 0 aliphatic rings. The van der Waals surface area contributed by atoms with Gasteiger partial charge in [0.25, 0.3) is 0 Å². The Morgan fingerprint density at radius 3 is 2.88 bits per heavy atom. The van der Waals surface area contributed by atoms with E-state index < -0.39 is 0 Å². The third kappa shape index (κ3) is 2.44. The van der Waals surface area contributed by atoms with Gasteiger partial charge in [-0.1, -0.05) is 6.08 Å². The normalized spacial score (nSPS) is 12.4. The first-order valence-electron chi connectivity index (χ1n) is 5.56. The van der Waals surface area contributed by atoms with Crippen LogP contribution in [0.15, 0.2) is 36.9 Å². The Hall–Kier alpha value is -1.90. The zero-order valence-corrected chi connectivity index (χ0v) is 10.00. The van der Waals surface area contributed by atoms with Crippen molar-refractivity contribution < 1.29 is 4.39 Å². The van der Waals surface area contributed by atoms with Crippen molar-refractivity contribution in [3.05, 3.63) is 48.4 Å². The van der Waals surface area contributed by atoms with Gasteiger partial charge in [-0.25, -0.2) is 4.39 Å². The summed E-state index contributed by atoms with van der Waals surface area (Å²) in [5, 5.41) is 4.07. The van der Waals surface area contributed by atoms with Crippen molar-refractivity contribution in [3.8, 4) is 0 Å². The van der Waals surface area contributed by atoms with E-state index in [2.05, 4.69) is 16.9 Å². The van der Waals surface area contributed by atoms with Gasteiger partial charge in [-0.15, -0.1) is 6.58 Å². The highest BCUT2D eigenvalue weighted by molar-refractivity contribution is 5.91. The summed E-state index contributed by atoms with van der Waals surface area (Å²) in [4.78, 5) is 4.38. The van der Waals surface area contributed by atoms with Crippen molar-refractivity contribution in [2.24, 2.45) is 0 Å². The first-order valence-corrected chi connectivity index (χ1v) is 5.56. The molecular formula is C14H15FN2. The summed E-state index contributed by atoms with van der Waals surface area (Å²) in [5.74, 6) is -0.252. The summed E-state index contributed by atoms with van der Waals surface area (Å²) in [5.41, 5.74) is 2.59. The summed E-state index contributed by atoms with van der Waals surface area (Å²) in [7, 11) is 0. The van der Waals surface area contributed by atoms with E-state index in [1.807, 2.05) is 19.9 Å². The molecule has 0 saturated carbocycles. The fourth-order valence-corrected chi connectivity index (χ4v) is 1.75. The van der Waals surface area contributed by atoms with Crippen molar-refractivity contribution in [2.45, 2.75) is 19.9 Å². The Kier molecular flexibility index (Phi) is 3.09. The van der Waals surface area contributed by atoms with Crippen LogP contribution in [0.3, 0.4) is 0 Å². The number of hydrogen-bond donors (Lipinski definition) is 1. The van der Waals surface area contributed by atoms with Crippen LogP contribution in [0.2, 0.25) is 0 Å². The molecule has 1 aromatic carbocycles. The number of hydrogen-bond acceptors (Lipinski definition) is 2. The molecule has 88 valence electrons.